The van der Waals surface area contributed by atoms with Gasteiger partial charge < -0.3 is 15.0 Å². The predicted molar refractivity (Wildman–Crippen MR) is 71.6 cm³/mol. The van der Waals surface area contributed by atoms with Crippen LogP contribution in [0.25, 0.3) is 0 Å². The molecule has 102 valence electrons. The molecule has 0 aromatic rings. The van der Waals surface area contributed by atoms with Crippen molar-refractivity contribution in [2.75, 3.05) is 45.1 Å². The van der Waals surface area contributed by atoms with Crippen LogP contribution in [-0.2, 0) is 9.53 Å². The van der Waals surface area contributed by atoms with Crippen molar-refractivity contribution in [3.8, 4) is 0 Å². The first-order valence-corrected chi connectivity index (χ1v) is 7.77. The van der Waals surface area contributed by atoms with Crippen molar-refractivity contribution in [3.05, 3.63) is 0 Å². The van der Waals surface area contributed by atoms with Crippen molar-refractivity contribution in [1.29, 1.82) is 0 Å². The number of ether oxygens (including phenoxy) is 1. The van der Waals surface area contributed by atoms with Crippen LogP contribution in [0.15, 0.2) is 0 Å². The van der Waals surface area contributed by atoms with E-state index in [1.54, 1.807) is 0 Å². The molecule has 3 aliphatic rings. The molecule has 2 atom stereocenters. The summed E-state index contributed by atoms with van der Waals surface area (Å²) >= 11 is 1.91. The molecule has 3 saturated heterocycles. The molecule has 5 nitrogen and oxygen atoms in total. The molecule has 6 heteroatoms. The third-order valence-electron chi connectivity index (χ3n) is 3.93. The Morgan fingerprint density at radius 2 is 2.22 bits per heavy atom. The van der Waals surface area contributed by atoms with E-state index < -0.39 is 0 Å². The standard InChI is InChI=1S/C12H21N3O2S/c16-11(15-4-6-17-7-5-15)10-8-18-12(14-10)2-1-3-13-9-12/h10,13-14H,1-9H2/t10-,12?/m0/s1. The first-order valence-electron chi connectivity index (χ1n) is 6.78. The lowest BCUT2D eigenvalue weighted by Crippen LogP contribution is -2.56. The molecule has 2 N–H and O–H groups in total. The lowest BCUT2D eigenvalue weighted by molar-refractivity contribution is -0.137. The van der Waals surface area contributed by atoms with Crippen molar-refractivity contribution < 1.29 is 9.53 Å². The second kappa shape index (κ2) is 5.36. The number of nitrogens with zero attached hydrogens (tertiary/aromatic N) is 1. The number of hydrogen-bond donors (Lipinski definition) is 2. The Hall–Kier alpha value is -0.300. The van der Waals surface area contributed by atoms with Gasteiger partial charge in [0.25, 0.3) is 0 Å². The molecule has 0 aromatic heterocycles. The maximum atomic E-state index is 12.4. The van der Waals surface area contributed by atoms with E-state index in [-0.39, 0.29) is 16.8 Å². The van der Waals surface area contributed by atoms with Crippen LogP contribution in [-0.4, -0.2) is 66.9 Å². The average molecular weight is 271 g/mol. The summed E-state index contributed by atoms with van der Waals surface area (Å²) in [6, 6.07) is -0.00648. The number of piperidine rings is 1. The fourth-order valence-corrected chi connectivity index (χ4v) is 4.33. The summed E-state index contributed by atoms with van der Waals surface area (Å²) < 4.78 is 5.29. The van der Waals surface area contributed by atoms with Crippen LogP contribution in [0.1, 0.15) is 12.8 Å². The van der Waals surface area contributed by atoms with Gasteiger partial charge in [-0.05, 0) is 19.4 Å². The molecule has 0 aliphatic carbocycles. The fraction of sp³-hybridized carbons (Fsp3) is 0.917. The normalized spacial score (nSPS) is 37.1. The molecule has 1 amide bonds. The summed E-state index contributed by atoms with van der Waals surface area (Å²) in [7, 11) is 0. The minimum Gasteiger partial charge on any atom is -0.378 e. The second-order valence-corrected chi connectivity index (χ2v) is 6.62. The lowest BCUT2D eigenvalue weighted by atomic mass is 10.1. The molecule has 0 radical (unpaired) electrons. The van der Waals surface area contributed by atoms with Crippen LogP contribution in [0.5, 0.6) is 0 Å². The number of morpholine rings is 1. The summed E-state index contributed by atoms with van der Waals surface area (Å²) in [6.45, 7) is 4.92. The Morgan fingerprint density at radius 1 is 1.39 bits per heavy atom. The number of carbonyl (C=O) groups is 1. The number of amides is 1. The molecule has 1 spiro atoms. The number of rotatable bonds is 1. The van der Waals surface area contributed by atoms with Crippen molar-refractivity contribution in [2.45, 2.75) is 23.8 Å². The SMILES string of the molecule is O=C([C@@H]1CSC2(CCCNC2)N1)N1CCOCC1. The van der Waals surface area contributed by atoms with E-state index in [1.807, 2.05) is 16.7 Å². The number of hydrogen-bond acceptors (Lipinski definition) is 5. The molecule has 3 aliphatic heterocycles. The molecule has 0 aromatic carbocycles. The summed E-state index contributed by atoms with van der Waals surface area (Å²) in [6.07, 6.45) is 2.36. The van der Waals surface area contributed by atoms with Crippen LogP contribution in [0.2, 0.25) is 0 Å². The van der Waals surface area contributed by atoms with Crippen LogP contribution in [0.4, 0.5) is 0 Å². The smallest absolute Gasteiger partial charge is 0.240 e. The van der Waals surface area contributed by atoms with E-state index in [2.05, 4.69) is 10.6 Å². The number of thioether (sulfide) groups is 1. The molecule has 0 bridgehead atoms. The van der Waals surface area contributed by atoms with Gasteiger partial charge in [-0.2, -0.15) is 0 Å². The molecular weight excluding hydrogens is 250 g/mol. The molecule has 0 saturated carbocycles. The highest BCUT2D eigenvalue weighted by atomic mass is 32.2. The maximum absolute atomic E-state index is 12.4. The number of nitrogens with one attached hydrogen (secondary N) is 2. The third kappa shape index (κ3) is 2.52. The highest BCUT2D eigenvalue weighted by molar-refractivity contribution is 8.01. The van der Waals surface area contributed by atoms with Gasteiger partial charge in [0.1, 0.15) is 0 Å². The first-order chi connectivity index (χ1) is 8.79. The summed E-state index contributed by atoms with van der Waals surface area (Å²) in [4.78, 5) is 14.4. The minimum absolute atomic E-state index is 0.00648. The minimum atomic E-state index is -0.00648. The molecule has 18 heavy (non-hydrogen) atoms. The number of carbonyl (C=O) groups excluding carboxylic acids is 1. The zero-order valence-corrected chi connectivity index (χ0v) is 11.4. The Bertz CT molecular complexity index is 314. The predicted octanol–water partition coefficient (Wildman–Crippen LogP) is -0.370. The van der Waals surface area contributed by atoms with Crippen molar-refractivity contribution in [1.82, 2.24) is 15.5 Å². The highest BCUT2D eigenvalue weighted by Gasteiger charge is 2.43. The van der Waals surface area contributed by atoms with Gasteiger partial charge in [0, 0.05) is 25.4 Å². The zero-order chi connectivity index (χ0) is 12.4. The summed E-state index contributed by atoms with van der Waals surface area (Å²) in [5.74, 6) is 1.16. The molecule has 3 heterocycles. The fourth-order valence-electron chi connectivity index (χ4n) is 2.90. The van der Waals surface area contributed by atoms with Crippen LogP contribution in [0, 0.1) is 0 Å². The van der Waals surface area contributed by atoms with E-state index >= 15 is 0 Å². The van der Waals surface area contributed by atoms with Gasteiger partial charge in [-0.3, -0.25) is 10.1 Å². The molecule has 3 rings (SSSR count). The summed E-state index contributed by atoms with van der Waals surface area (Å²) in [5.41, 5.74) is 0. The highest BCUT2D eigenvalue weighted by Crippen LogP contribution is 2.36. The topological polar surface area (TPSA) is 53.6 Å². The molecule has 1 unspecified atom stereocenters. The monoisotopic (exact) mass is 271 g/mol. The van der Waals surface area contributed by atoms with Crippen molar-refractivity contribution in [3.63, 3.8) is 0 Å². The first kappa shape index (κ1) is 12.7. The van der Waals surface area contributed by atoms with E-state index in [4.69, 9.17) is 4.74 Å². The van der Waals surface area contributed by atoms with Gasteiger partial charge in [-0.25, -0.2) is 0 Å². The van der Waals surface area contributed by atoms with E-state index in [0.717, 1.165) is 38.4 Å². The van der Waals surface area contributed by atoms with Gasteiger partial charge in [0.05, 0.1) is 24.1 Å². The third-order valence-corrected chi connectivity index (χ3v) is 5.45. The van der Waals surface area contributed by atoms with Crippen LogP contribution in [0.3, 0.4) is 0 Å². The van der Waals surface area contributed by atoms with Crippen molar-refractivity contribution >= 4 is 17.7 Å². The Labute approximate surface area is 112 Å². The van der Waals surface area contributed by atoms with Gasteiger partial charge in [0.15, 0.2) is 0 Å². The quantitative estimate of drug-likeness (QED) is 0.681. The van der Waals surface area contributed by atoms with Crippen LogP contribution >= 0.6 is 11.8 Å². The van der Waals surface area contributed by atoms with E-state index in [0.29, 0.717) is 13.2 Å². The zero-order valence-electron chi connectivity index (χ0n) is 10.6. The summed E-state index contributed by atoms with van der Waals surface area (Å²) in [5, 5.41) is 7.00. The van der Waals surface area contributed by atoms with Gasteiger partial charge in [-0.1, -0.05) is 0 Å². The van der Waals surface area contributed by atoms with Gasteiger partial charge in [0.2, 0.25) is 5.91 Å². The Balaban J connectivity index is 1.59. The van der Waals surface area contributed by atoms with Crippen LogP contribution < -0.4 is 10.6 Å². The average Bonchev–Trinajstić information content (AvgIpc) is 2.83. The van der Waals surface area contributed by atoms with E-state index in [1.165, 1.54) is 6.42 Å². The second-order valence-electron chi connectivity index (χ2n) is 5.22. The van der Waals surface area contributed by atoms with Gasteiger partial charge in [-0.15, -0.1) is 11.8 Å². The van der Waals surface area contributed by atoms with E-state index in [9.17, 15) is 4.79 Å². The lowest BCUT2D eigenvalue weighted by Gasteiger charge is -2.35. The van der Waals surface area contributed by atoms with Crippen molar-refractivity contribution in [2.24, 2.45) is 0 Å². The Morgan fingerprint density at radius 3 is 2.94 bits per heavy atom. The molecule has 3 fully saturated rings. The Kier molecular flexibility index (Phi) is 3.79. The maximum Gasteiger partial charge on any atom is 0.240 e. The molecular formula is C12H21N3O2S. The van der Waals surface area contributed by atoms with Gasteiger partial charge >= 0.3 is 0 Å². The largest absolute Gasteiger partial charge is 0.378 e.